The zero-order chi connectivity index (χ0) is 22.9. The van der Waals surface area contributed by atoms with E-state index >= 15 is 0 Å². The minimum Gasteiger partial charge on any atom is -0.481 e. The van der Waals surface area contributed by atoms with Gasteiger partial charge in [-0.05, 0) is 26.2 Å². The van der Waals surface area contributed by atoms with Crippen molar-refractivity contribution in [2.45, 2.75) is 70.8 Å². The summed E-state index contributed by atoms with van der Waals surface area (Å²) in [7, 11) is 0. The molecule has 8 N–H and O–H groups in total. The van der Waals surface area contributed by atoms with Crippen LogP contribution in [0.15, 0.2) is 0 Å². The molecule has 0 spiro atoms. The van der Waals surface area contributed by atoms with E-state index < -0.39 is 66.4 Å². The summed E-state index contributed by atoms with van der Waals surface area (Å²) in [5.74, 6) is -5.53. The van der Waals surface area contributed by atoms with Crippen LogP contribution in [0.5, 0.6) is 0 Å². The second kappa shape index (κ2) is 12.0. The second-order valence-corrected chi connectivity index (χ2v) is 7.20. The number of carboxylic acid groups (broad SMARTS) is 2. The molecule has 0 aromatic carbocycles. The molecule has 0 heterocycles. The third-order valence-electron chi connectivity index (χ3n) is 3.81. The van der Waals surface area contributed by atoms with Crippen LogP contribution in [-0.2, 0) is 24.0 Å². The Morgan fingerprint density at radius 2 is 1.34 bits per heavy atom. The van der Waals surface area contributed by atoms with Gasteiger partial charge in [0.25, 0.3) is 0 Å². The van der Waals surface area contributed by atoms with Crippen molar-refractivity contribution < 1.29 is 39.3 Å². The van der Waals surface area contributed by atoms with Crippen molar-refractivity contribution in [3.63, 3.8) is 0 Å². The summed E-state index contributed by atoms with van der Waals surface area (Å²) in [6, 6.07) is -5.24. The predicted molar refractivity (Wildman–Crippen MR) is 100 cm³/mol. The largest absolute Gasteiger partial charge is 0.481 e. The molecule has 29 heavy (non-hydrogen) atoms. The third-order valence-corrected chi connectivity index (χ3v) is 3.81. The van der Waals surface area contributed by atoms with Gasteiger partial charge in [0, 0.05) is 0 Å². The van der Waals surface area contributed by atoms with Gasteiger partial charge in [0.15, 0.2) is 0 Å². The van der Waals surface area contributed by atoms with Crippen LogP contribution in [0.4, 0.5) is 0 Å². The van der Waals surface area contributed by atoms with Crippen LogP contribution in [0.3, 0.4) is 0 Å². The van der Waals surface area contributed by atoms with E-state index in [9.17, 15) is 29.1 Å². The van der Waals surface area contributed by atoms with E-state index in [1.54, 1.807) is 13.8 Å². The Hall–Kier alpha value is -2.73. The highest BCUT2D eigenvalue weighted by Crippen LogP contribution is 2.07. The highest BCUT2D eigenvalue weighted by Gasteiger charge is 2.32. The van der Waals surface area contributed by atoms with E-state index in [1.807, 2.05) is 0 Å². The molecule has 12 nitrogen and oxygen atoms in total. The lowest BCUT2D eigenvalue weighted by Gasteiger charge is -2.26. The van der Waals surface area contributed by atoms with Crippen molar-refractivity contribution in [3.05, 3.63) is 0 Å². The first-order valence-electron chi connectivity index (χ1n) is 9.05. The number of nitrogens with two attached hydrogens (primary N) is 1. The average Bonchev–Trinajstić information content (AvgIpc) is 2.56. The van der Waals surface area contributed by atoms with Gasteiger partial charge in [-0.2, -0.15) is 0 Å². The molecule has 0 rings (SSSR count). The molecule has 0 aliphatic heterocycles. The number of carbonyl (C=O) groups is 5. The Labute approximate surface area is 168 Å². The van der Waals surface area contributed by atoms with E-state index in [4.69, 9.17) is 15.9 Å². The normalized spacial score (nSPS) is 16.1. The average molecular weight is 418 g/mol. The number of hydrogen-bond acceptors (Lipinski definition) is 7. The predicted octanol–water partition coefficient (Wildman–Crippen LogP) is -2.23. The maximum absolute atomic E-state index is 12.5. The highest BCUT2D eigenvalue weighted by atomic mass is 16.4. The molecule has 0 aromatic rings. The fraction of sp³-hybridized carbons (Fsp3) is 0.706. The smallest absolute Gasteiger partial charge is 0.326 e. The van der Waals surface area contributed by atoms with Gasteiger partial charge in [0.1, 0.15) is 18.1 Å². The van der Waals surface area contributed by atoms with Gasteiger partial charge >= 0.3 is 11.9 Å². The monoisotopic (exact) mass is 418 g/mol. The van der Waals surface area contributed by atoms with Crippen molar-refractivity contribution in [2.24, 2.45) is 11.7 Å². The van der Waals surface area contributed by atoms with E-state index in [2.05, 4.69) is 16.0 Å². The van der Waals surface area contributed by atoms with Crippen molar-refractivity contribution in [1.29, 1.82) is 0 Å². The molecule has 5 atom stereocenters. The van der Waals surface area contributed by atoms with E-state index in [1.165, 1.54) is 13.8 Å². The Morgan fingerprint density at radius 1 is 0.828 bits per heavy atom. The number of amides is 3. The summed E-state index contributed by atoms with van der Waals surface area (Å²) in [6.45, 7) is 6.15. The van der Waals surface area contributed by atoms with Crippen LogP contribution in [0, 0.1) is 5.92 Å². The third kappa shape index (κ3) is 9.85. The van der Waals surface area contributed by atoms with Gasteiger partial charge < -0.3 is 37.0 Å². The first-order valence-corrected chi connectivity index (χ1v) is 9.05. The molecule has 0 bridgehead atoms. The minimum absolute atomic E-state index is 0.0996. The Balaban J connectivity index is 5.40. The molecule has 5 unspecified atom stereocenters. The SMILES string of the molecule is CC(C)CC(NC(=O)C(NC(=O)C(C)N)C(C)O)C(=O)NC(CC(=O)O)C(=O)O. The Bertz CT molecular complexity index is 621. The summed E-state index contributed by atoms with van der Waals surface area (Å²) in [6.07, 6.45) is -2.05. The van der Waals surface area contributed by atoms with Crippen molar-refractivity contribution in [1.82, 2.24) is 16.0 Å². The highest BCUT2D eigenvalue weighted by molar-refractivity contribution is 5.94. The number of rotatable bonds is 12. The summed E-state index contributed by atoms with van der Waals surface area (Å²) in [4.78, 5) is 58.7. The molecule has 0 radical (unpaired) electrons. The minimum atomic E-state index is -1.68. The van der Waals surface area contributed by atoms with E-state index in [-0.39, 0.29) is 12.3 Å². The summed E-state index contributed by atoms with van der Waals surface area (Å²) < 4.78 is 0. The van der Waals surface area contributed by atoms with Gasteiger partial charge in [-0.1, -0.05) is 13.8 Å². The number of aliphatic carboxylic acids is 2. The summed E-state index contributed by atoms with van der Waals surface area (Å²) in [5.41, 5.74) is 5.43. The molecule has 0 aliphatic carbocycles. The topological polar surface area (TPSA) is 208 Å². The van der Waals surface area contributed by atoms with Crippen LogP contribution >= 0.6 is 0 Å². The Kier molecular flexibility index (Phi) is 10.8. The molecule has 0 aromatic heterocycles. The number of aliphatic hydroxyl groups is 1. The molecule has 166 valence electrons. The van der Waals surface area contributed by atoms with E-state index in [0.29, 0.717) is 0 Å². The zero-order valence-corrected chi connectivity index (χ0v) is 16.8. The standard InChI is InChI=1S/C17H30N4O8/c1-7(2)5-10(15(26)20-11(17(28)29)6-12(23)24)19-16(27)13(9(4)22)21-14(25)8(3)18/h7-11,13,22H,5-6,18H2,1-4H3,(H,19,27)(H,20,26)(H,21,25)(H,23,24)(H,28,29). The number of nitrogens with one attached hydrogen (secondary N) is 3. The summed E-state index contributed by atoms with van der Waals surface area (Å²) in [5, 5.41) is 34.4. The number of carbonyl (C=O) groups excluding carboxylic acids is 3. The van der Waals surface area contributed by atoms with Crippen LogP contribution in [0.2, 0.25) is 0 Å². The van der Waals surface area contributed by atoms with Gasteiger partial charge in [0.2, 0.25) is 17.7 Å². The first kappa shape index (κ1) is 26.3. The van der Waals surface area contributed by atoms with Gasteiger partial charge in [-0.25, -0.2) is 4.79 Å². The molecule has 0 fully saturated rings. The lowest BCUT2D eigenvalue weighted by molar-refractivity contribution is -0.147. The maximum Gasteiger partial charge on any atom is 0.326 e. The molecule has 3 amide bonds. The fourth-order valence-corrected chi connectivity index (χ4v) is 2.30. The maximum atomic E-state index is 12.5. The lowest BCUT2D eigenvalue weighted by Crippen LogP contribution is -2.59. The zero-order valence-electron chi connectivity index (χ0n) is 16.8. The second-order valence-electron chi connectivity index (χ2n) is 7.20. The molecule has 0 saturated carbocycles. The van der Waals surface area contributed by atoms with Crippen LogP contribution in [0.1, 0.15) is 40.5 Å². The fourth-order valence-electron chi connectivity index (χ4n) is 2.30. The van der Waals surface area contributed by atoms with Crippen molar-refractivity contribution in [2.75, 3.05) is 0 Å². The van der Waals surface area contributed by atoms with Crippen LogP contribution in [0.25, 0.3) is 0 Å². The quantitative estimate of drug-likeness (QED) is 0.183. The molecule has 0 saturated heterocycles. The Morgan fingerprint density at radius 3 is 1.72 bits per heavy atom. The van der Waals surface area contributed by atoms with Crippen LogP contribution < -0.4 is 21.7 Å². The molecular formula is C17H30N4O8. The molecular weight excluding hydrogens is 388 g/mol. The first-order chi connectivity index (χ1) is 13.3. The lowest BCUT2D eigenvalue weighted by atomic mass is 10.0. The van der Waals surface area contributed by atoms with Gasteiger partial charge in [0.05, 0.1) is 18.6 Å². The summed E-state index contributed by atoms with van der Waals surface area (Å²) >= 11 is 0. The number of aliphatic hydroxyl groups excluding tert-OH is 1. The van der Waals surface area contributed by atoms with E-state index in [0.717, 1.165) is 0 Å². The van der Waals surface area contributed by atoms with Crippen molar-refractivity contribution in [3.8, 4) is 0 Å². The van der Waals surface area contributed by atoms with Crippen molar-refractivity contribution >= 4 is 29.7 Å². The molecule has 12 heteroatoms. The molecule has 0 aliphatic rings. The van der Waals surface area contributed by atoms with Gasteiger partial charge in [-0.15, -0.1) is 0 Å². The number of hydrogen-bond donors (Lipinski definition) is 7. The van der Waals surface area contributed by atoms with Crippen LogP contribution in [-0.4, -0.2) is 75.3 Å². The number of carboxylic acids is 2. The van der Waals surface area contributed by atoms with Gasteiger partial charge in [-0.3, -0.25) is 19.2 Å².